The highest BCUT2D eigenvalue weighted by molar-refractivity contribution is 5.84. The van der Waals surface area contributed by atoms with E-state index in [1.807, 2.05) is 6.92 Å². The first-order valence-electron chi connectivity index (χ1n) is 7.87. The number of nitrogens with one attached hydrogen (secondary N) is 1. The second kappa shape index (κ2) is 6.87. The van der Waals surface area contributed by atoms with E-state index in [0.29, 0.717) is 5.92 Å². The minimum Gasteiger partial charge on any atom is -0.379 e. The Morgan fingerprint density at radius 1 is 1.30 bits per heavy atom. The van der Waals surface area contributed by atoms with E-state index >= 15 is 0 Å². The first-order valence-corrected chi connectivity index (χ1v) is 7.87. The number of morpholine rings is 1. The van der Waals surface area contributed by atoms with Crippen LogP contribution in [0.2, 0.25) is 0 Å². The molecule has 2 heterocycles. The predicted octanol–water partition coefficient (Wildman–Crippen LogP) is 0.900. The van der Waals surface area contributed by atoms with Gasteiger partial charge in [0.2, 0.25) is 5.91 Å². The number of rotatable bonds is 5. The van der Waals surface area contributed by atoms with E-state index in [4.69, 9.17) is 4.74 Å². The van der Waals surface area contributed by atoms with Crippen molar-refractivity contribution in [2.45, 2.75) is 52.4 Å². The molecule has 116 valence electrons. The summed E-state index contributed by atoms with van der Waals surface area (Å²) in [6.45, 7) is 13.1. The van der Waals surface area contributed by atoms with Crippen LogP contribution in [0.5, 0.6) is 0 Å². The number of nitrogens with zero attached hydrogens (tertiary/aromatic N) is 2. The summed E-state index contributed by atoms with van der Waals surface area (Å²) in [5, 5.41) is 3.44. The van der Waals surface area contributed by atoms with Gasteiger partial charge in [0.05, 0.1) is 25.4 Å². The first kappa shape index (κ1) is 15.7. The van der Waals surface area contributed by atoms with Gasteiger partial charge in [0, 0.05) is 25.7 Å². The monoisotopic (exact) mass is 283 g/mol. The topological polar surface area (TPSA) is 44.8 Å². The van der Waals surface area contributed by atoms with Crippen molar-refractivity contribution in [3.63, 3.8) is 0 Å². The van der Waals surface area contributed by atoms with Crippen LogP contribution in [0.3, 0.4) is 0 Å². The van der Waals surface area contributed by atoms with Crippen LogP contribution < -0.4 is 5.32 Å². The summed E-state index contributed by atoms with van der Waals surface area (Å²) in [4.78, 5) is 16.9. The number of hydrogen-bond donors (Lipinski definition) is 1. The van der Waals surface area contributed by atoms with Crippen LogP contribution in [0.4, 0.5) is 0 Å². The zero-order valence-electron chi connectivity index (χ0n) is 13.3. The van der Waals surface area contributed by atoms with E-state index in [1.165, 1.54) is 0 Å². The average molecular weight is 283 g/mol. The molecule has 0 spiro atoms. The fraction of sp³-hybridized carbons (Fsp3) is 0.933. The molecule has 20 heavy (non-hydrogen) atoms. The molecule has 1 N–H and O–H groups in total. The van der Waals surface area contributed by atoms with Gasteiger partial charge in [0.1, 0.15) is 0 Å². The Hall–Kier alpha value is -0.650. The molecule has 2 aliphatic rings. The van der Waals surface area contributed by atoms with E-state index < -0.39 is 0 Å². The van der Waals surface area contributed by atoms with Crippen LogP contribution >= 0.6 is 0 Å². The number of hydrogen-bond acceptors (Lipinski definition) is 4. The lowest BCUT2D eigenvalue weighted by molar-refractivity contribution is -0.132. The van der Waals surface area contributed by atoms with Crippen LogP contribution in [0.1, 0.15) is 34.1 Å². The lowest BCUT2D eigenvalue weighted by atomic mass is 10.1. The minimum atomic E-state index is -0.0501. The van der Waals surface area contributed by atoms with Crippen LogP contribution in [-0.4, -0.2) is 66.8 Å². The van der Waals surface area contributed by atoms with E-state index in [1.54, 1.807) is 0 Å². The highest BCUT2D eigenvalue weighted by atomic mass is 16.5. The summed E-state index contributed by atoms with van der Waals surface area (Å²) in [6.07, 6.45) is 1.21. The van der Waals surface area contributed by atoms with Gasteiger partial charge in [-0.15, -0.1) is 0 Å². The third-order valence-electron chi connectivity index (χ3n) is 4.20. The van der Waals surface area contributed by atoms with Gasteiger partial charge < -0.3 is 9.64 Å². The fourth-order valence-electron chi connectivity index (χ4n) is 3.22. The van der Waals surface area contributed by atoms with E-state index in [0.717, 1.165) is 39.3 Å². The molecule has 0 bridgehead atoms. The fourth-order valence-corrected chi connectivity index (χ4v) is 3.22. The lowest BCUT2D eigenvalue weighted by Gasteiger charge is -2.36. The largest absolute Gasteiger partial charge is 0.379 e. The van der Waals surface area contributed by atoms with E-state index in [9.17, 15) is 4.79 Å². The van der Waals surface area contributed by atoms with Gasteiger partial charge in [0.25, 0.3) is 0 Å². The summed E-state index contributed by atoms with van der Waals surface area (Å²) < 4.78 is 5.38. The Labute approximate surface area is 122 Å². The number of carbonyl (C=O) groups excluding carboxylic acids is 1. The van der Waals surface area contributed by atoms with Gasteiger partial charge in [-0.3, -0.25) is 15.0 Å². The Bertz CT molecular complexity index is 329. The predicted molar refractivity (Wildman–Crippen MR) is 79.4 cm³/mol. The lowest BCUT2D eigenvalue weighted by Crippen LogP contribution is -2.50. The Morgan fingerprint density at radius 3 is 2.55 bits per heavy atom. The molecule has 2 aliphatic heterocycles. The Morgan fingerprint density at radius 2 is 1.95 bits per heavy atom. The molecule has 3 atom stereocenters. The van der Waals surface area contributed by atoms with Crippen molar-refractivity contribution >= 4 is 5.91 Å². The molecule has 3 unspecified atom stereocenters. The highest BCUT2D eigenvalue weighted by Crippen LogP contribution is 2.21. The van der Waals surface area contributed by atoms with Gasteiger partial charge in [0.15, 0.2) is 0 Å². The summed E-state index contributed by atoms with van der Waals surface area (Å²) in [5.74, 6) is 0.833. The van der Waals surface area contributed by atoms with Crippen LogP contribution in [-0.2, 0) is 9.53 Å². The smallest absolute Gasteiger partial charge is 0.241 e. The zero-order valence-corrected chi connectivity index (χ0v) is 13.3. The standard InChI is InChI=1S/C15H29N3O2/c1-11(2)9-14-16-13(4)15(19)18(14)12(3)10-17-5-7-20-8-6-17/h11-14,16H,5-10H2,1-4H3. The van der Waals surface area contributed by atoms with Crippen molar-refractivity contribution in [1.29, 1.82) is 0 Å². The molecule has 0 radical (unpaired) electrons. The Kier molecular flexibility index (Phi) is 5.41. The maximum atomic E-state index is 12.4. The molecule has 2 saturated heterocycles. The van der Waals surface area contributed by atoms with Crippen molar-refractivity contribution < 1.29 is 9.53 Å². The summed E-state index contributed by atoms with van der Waals surface area (Å²) >= 11 is 0. The molecule has 5 heteroatoms. The maximum Gasteiger partial charge on any atom is 0.241 e. The van der Waals surface area contributed by atoms with Gasteiger partial charge in [-0.25, -0.2) is 0 Å². The molecule has 2 fully saturated rings. The van der Waals surface area contributed by atoms with Crippen LogP contribution in [0.25, 0.3) is 0 Å². The maximum absolute atomic E-state index is 12.4. The highest BCUT2D eigenvalue weighted by Gasteiger charge is 2.39. The summed E-state index contributed by atoms with van der Waals surface area (Å²) in [5.41, 5.74) is 0. The van der Waals surface area contributed by atoms with Crippen LogP contribution in [0, 0.1) is 5.92 Å². The average Bonchev–Trinajstić information content (AvgIpc) is 2.65. The van der Waals surface area contributed by atoms with Crippen molar-refractivity contribution in [2.24, 2.45) is 5.92 Å². The summed E-state index contributed by atoms with van der Waals surface area (Å²) in [7, 11) is 0. The molecule has 0 aromatic carbocycles. The van der Waals surface area contributed by atoms with Gasteiger partial charge in [-0.2, -0.15) is 0 Å². The second-order valence-corrected chi connectivity index (χ2v) is 6.54. The van der Waals surface area contributed by atoms with Crippen molar-refractivity contribution in [3.05, 3.63) is 0 Å². The molecule has 0 aliphatic carbocycles. The van der Waals surface area contributed by atoms with Crippen molar-refractivity contribution in [3.8, 4) is 0 Å². The molecule has 0 aromatic heterocycles. The van der Waals surface area contributed by atoms with Gasteiger partial charge in [-0.1, -0.05) is 13.8 Å². The number of amides is 1. The minimum absolute atomic E-state index is 0.0501. The van der Waals surface area contributed by atoms with E-state index in [2.05, 4.69) is 35.9 Å². The quantitative estimate of drug-likeness (QED) is 0.814. The molecule has 2 rings (SSSR count). The SMILES string of the molecule is CC(C)CC1NC(C)C(=O)N1C(C)CN1CCOCC1. The van der Waals surface area contributed by atoms with Crippen LogP contribution in [0.15, 0.2) is 0 Å². The zero-order chi connectivity index (χ0) is 14.7. The number of ether oxygens (including phenoxy) is 1. The molecular formula is C15H29N3O2. The third kappa shape index (κ3) is 3.71. The molecule has 1 amide bonds. The molecular weight excluding hydrogens is 254 g/mol. The van der Waals surface area contributed by atoms with Gasteiger partial charge in [-0.05, 0) is 26.2 Å². The number of carbonyl (C=O) groups is 1. The molecule has 0 saturated carbocycles. The second-order valence-electron chi connectivity index (χ2n) is 6.54. The first-order chi connectivity index (χ1) is 9.49. The Balaban J connectivity index is 1.96. The molecule has 5 nitrogen and oxygen atoms in total. The normalized spacial score (nSPS) is 30.2. The summed E-state index contributed by atoms with van der Waals surface area (Å²) in [6, 6.07) is 0.202. The third-order valence-corrected chi connectivity index (χ3v) is 4.20. The molecule has 0 aromatic rings. The van der Waals surface area contributed by atoms with Crippen molar-refractivity contribution in [1.82, 2.24) is 15.1 Å². The van der Waals surface area contributed by atoms with E-state index in [-0.39, 0.29) is 24.2 Å². The van der Waals surface area contributed by atoms with Crippen molar-refractivity contribution in [2.75, 3.05) is 32.8 Å². The van der Waals surface area contributed by atoms with Gasteiger partial charge >= 0.3 is 0 Å².